The van der Waals surface area contributed by atoms with Crippen LogP contribution in [0.15, 0.2) is 22.7 Å². The standard InChI is InChI=1S/C16H19N5O/c1-11-13-7-6-12(10-14(13)20(2)18-11)15-17-16(22-19-15)21-8-4-3-5-9-21/h6-7,10H,3-5,8-9H2,1-2H3. The number of fused-ring (bicyclic) bond motifs is 1. The van der Waals surface area contributed by atoms with Crippen LogP contribution >= 0.6 is 0 Å². The molecule has 0 bridgehead atoms. The molecule has 0 aliphatic carbocycles. The third-order valence-electron chi connectivity index (χ3n) is 4.34. The lowest BCUT2D eigenvalue weighted by Gasteiger charge is -2.23. The van der Waals surface area contributed by atoms with Gasteiger partial charge in [0.15, 0.2) is 0 Å². The highest BCUT2D eigenvalue weighted by atomic mass is 16.5. The molecule has 1 aliphatic heterocycles. The van der Waals surface area contributed by atoms with E-state index in [9.17, 15) is 0 Å². The van der Waals surface area contributed by atoms with Gasteiger partial charge in [-0.3, -0.25) is 4.68 Å². The van der Waals surface area contributed by atoms with Crippen molar-refractivity contribution in [3.8, 4) is 11.4 Å². The maximum atomic E-state index is 5.45. The summed E-state index contributed by atoms with van der Waals surface area (Å²) in [5.41, 5.74) is 3.08. The number of anilines is 1. The van der Waals surface area contributed by atoms with Crippen molar-refractivity contribution in [3.05, 3.63) is 23.9 Å². The van der Waals surface area contributed by atoms with Crippen molar-refractivity contribution in [2.24, 2.45) is 7.05 Å². The molecule has 0 N–H and O–H groups in total. The Morgan fingerprint density at radius 2 is 1.95 bits per heavy atom. The maximum Gasteiger partial charge on any atom is 0.324 e. The number of nitrogens with zero attached hydrogens (tertiary/aromatic N) is 5. The first-order valence-corrected chi connectivity index (χ1v) is 7.75. The van der Waals surface area contributed by atoms with Crippen LogP contribution in [0.2, 0.25) is 0 Å². The predicted octanol–water partition coefficient (Wildman–Crippen LogP) is 2.92. The van der Waals surface area contributed by atoms with E-state index in [1.54, 1.807) is 0 Å². The number of rotatable bonds is 2. The fourth-order valence-corrected chi connectivity index (χ4v) is 3.12. The quantitative estimate of drug-likeness (QED) is 0.728. The molecule has 0 unspecified atom stereocenters. The monoisotopic (exact) mass is 297 g/mol. The van der Waals surface area contributed by atoms with Crippen molar-refractivity contribution in [1.82, 2.24) is 19.9 Å². The second-order valence-corrected chi connectivity index (χ2v) is 5.89. The van der Waals surface area contributed by atoms with Gasteiger partial charge >= 0.3 is 6.01 Å². The van der Waals surface area contributed by atoms with Crippen LogP contribution in [0.5, 0.6) is 0 Å². The van der Waals surface area contributed by atoms with Crippen LogP contribution in [-0.4, -0.2) is 33.0 Å². The molecule has 0 amide bonds. The predicted molar refractivity (Wildman–Crippen MR) is 84.8 cm³/mol. The lowest BCUT2D eigenvalue weighted by Crippen LogP contribution is -2.29. The summed E-state index contributed by atoms with van der Waals surface area (Å²) >= 11 is 0. The van der Waals surface area contributed by atoms with E-state index in [1.807, 2.05) is 24.7 Å². The smallest absolute Gasteiger partial charge is 0.324 e. The molecule has 0 saturated carbocycles. The van der Waals surface area contributed by atoms with E-state index >= 15 is 0 Å². The molecule has 0 radical (unpaired) electrons. The molecular formula is C16H19N5O. The zero-order chi connectivity index (χ0) is 15.1. The average Bonchev–Trinajstić information content (AvgIpc) is 3.14. The summed E-state index contributed by atoms with van der Waals surface area (Å²) in [5.74, 6) is 0.640. The first kappa shape index (κ1) is 13.3. The zero-order valence-electron chi connectivity index (χ0n) is 12.9. The molecular weight excluding hydrogens is 278 g/mol. The second-order valence-electron chi connectivity index (χ2n) is 5.89. The van der Waals surface area contributed by atoms with Crippen molar-refractivity contribution < 1.29 is 4.52 Å². The van der Waals surface area contributed by atoms with Gasteiger partial charge in [0.1, 0.15) is 0 Å². The molecule has 1 aromatic carbocycles. The summed E-state index contributed by atoms with van der Waals surface area (Å²) < 4.78 is 7.34. The number of aryl methyl sites for hydroxylation is 2. The first-order valence-electron chi connectivity index (χ1n) is 7.75. The molecule has 22 heavy (non-hydrogen) atoms. The number of hydrogen-bond acceptors (Lipinski definition) is 5. The molecule has 1 saturated heterocycles. The highest BCUT2D eigenvalue weighted by Crippen LogP contribution is 2.26. The Morgan fingerprint density at radius 3 is 2.77 bits per heavy atom. The van der Waals surface area contributed by atoms with Crippen LogP contribution < -0.4 is 4.90 Å². The van der Waals surface area contributed by atoms with Crippen molar-refractivity contribution in [2.75, 3.05) is 18.0 Å². The fraction of sp³-hybridized carbons (Fsp3) is 0.438. The molecule has 114 valence electrons. The average molecular weight is 297 g/mol. The third-order valence-corrected chi connectivity index (χ3v) is 4.34. The van der Waals surface area contributed by atoms with Crippen LogP contribution in [0.3, 0.4) is 0 Å². The molecule has 1 aliphatic rings. The van der Waals surface area contributed by atoms with Gasteiger partial charge in [0, 0.05) is 31.1 Å². The van der Waals surface area contributed by atoms with Crippen molar-refractivity contribution >= 4 is 16.9 Å². The molecule has 0 spiro atoms. The fourth-order valence-electron chi connectivity index (χ4n) is 3.12. The number of aromatic nitrogens is 4. The van der Waals surface area contributed by atoms with Gasteiger partial charge in [0.25, 0.3) is 0 Å². The van der Waals surface area contributed by atoms with E-state index < -0.39 is 0 Å². The summed E-state index contributed by atoms with van der Waals surface area (Å²) in [6.45, 7) is 4.02. The van der Waals surface area contributed by atoms with Crippen molar-refractivity contribution in [1.29, 1.82) is 0 Å². The first-order chi connectivity index (χ1) is 10.7. The van der Waals surface area contributed by atoms with Crippen LogP contribution in [0.4, 0.5) is 6.01 Å². The van der Waals surface area contributed by atoms with Crippen LogP contribution in [0, 0.1) is 6.92 Å². The SMILES string of the molecule is Cc1nn(C)c2cc(-c3noc(N4CCCCC4)n3)ccc12. The minimum atomic E-state index is 0.635. The van der Waals surface area contributed by atoms with Gasteiger partial charge in [-0.15, -0.1) is 0 Å². The van der Waals surface area contributed by atoms with Gasteiger partial charge in [-0.2, -0.15) is 10.1 Å². The minimum Gasteiger partial charge on any atom is -0.324 e. The van der Waals surface area contributed by atoms with E-state index in [-0.39, 0.29) is 0 Å². The summed E-state index contributed by atoms with van der Waals surface area (Å²) in [6, 6.07) is 6.81. The number of hydrogen-bond donors (Lipinski definition) is 0. The molecule has 3 heterocycles. The van der Waals surface area contributed by atoms with Crippen molar-refractivity contribution in [3.63, 3.8) is 0 Å². The second kappa shape index (κ2) is 5.12. The molecule has 3 aromatic rings. The summed E-state index contributed by atoms with van der Waals surface area (Å²) in [7, 11) is 1.95. The van der Waals surface area contributed by atoms with E-state index in [0.717, 1.165) is 35.2 Å². The van der Waals surface area contributed by atoms with Crippen molar-refractivity contribution in [2.45, 2.75) is 26.2 Å². The molecule has 2 aromatic heterocycles. The largest absolute Gasteiger partial charge is 0.324 e. The highest BCUT2D eigenvalue weighted by molar-refractivity contribution is 5.85. The van der Waals surface area contributed by atoms with E-state index in [0.29, 0.717) is 11.8 Å². The maximum absolute atomic E-state index is 5.45. The lowest BCUT2D eigenvalue weighted by molar-refractivity contribution is 0.403. The normalized spacial score (nSPS) is 15.6. The molecule has 1 fully saturated rings. The molecule has 6 heteroatoms. The molecule has 6 nitrogen and oxygen atoms in total. The summed E-state index contributed by atoms with van der Waals surface area (Å²) in [4.78, 5) is 6.74. The van der Waals surface area contributed by atoms with Gasteiger partial charge in [-0.25, -0.2) is 0 Å². The topological polar surface area (TPSA) is 60.0 Å². The third kappa shape index (κ3) is 2.15. The lowest BCUT2D eigenvalue weighted by atomic mass is 10.1. The van der Waals surface area contributed by atoms with E-state index in [1.165, 1.54) is 19.3 Å². The van der Waals surface area contributed by atoms with Gasteiger partial charge in [0.05, 0.1) is 11.2 Å². The van der Waals surface area contributed by atoms with Crippen LogP contribution in [-0.2, 0) is 7.05 Å². The minimum absolute atomic E-state index is 0.635. The summed E-state index contributed by atoms with van der Waals surface area (Å²) in [6.07, 6.45) is 3.67. The van der Waals surface area contributed by atoms with Crippen LogP contribution in [0.25, 0.3) is 22.3 Å². The Bertz CT molecular complexity index is 813. The number of piperidine rings is 1. The highest BCUT2D eigenvalue weighted by Gasteiger charge is 2.18. The van der Waals surface area contributed by atoms with E-state index in [2.05, 4.69) is 32.3 Å². The van der Waals surface area contributed by atoms with Gasteiger partial charge in [-0.05, 0) is 32.3 Å². The van der Waals surface area contributed by atoms with Crippen LogP contribution in [0.1, 0.15) is 25.0 Å². The molecule has 4 rings (SSSR count). The Balaban J connectivity index is 1.69. The van der Waals surface area contributed by atoms with Gasteiger partial charge in [-0.1, -0.05) is 17.3 Å². The Kier molecular flexibility index (Phi) is 3.10. The Morgan fingerprint density at radius 1 is 1.14 bits per heavy atom. The van der Waals surface area contributed by atoms with Gasteiger partial charge < -0.3 is 9.42 Å². The summed E-state index contributed by atoms with van der Waals surface area (Å²) in [5, 5.41) is 9.75. The van der Waals surface area contributed by atoms with E-state index in [4.69, 9.17) is 4.52 Å². The van der Waals surface area contributed by atoms with Gasteiger partial charge in [0.2, 0.25) is 5.82 Å². The molecule has 0 atom stereocenters. The zero-order valence-corrected chi connectivity index (χ0v) is 12.9. The number of benzene rings is 1. The Hall–Kier alpha value is -2.37. The Labute approximate surface area is 128 Å².